The van der Waals surface area contributed by atoms with Crippen molar-refractivity contribution >= 4 is 11.9 Å². The van der Waals surface area contributed by atoms with Gasteiger partial charge in [0.2, 0.25) is 0 Å². The molecule has 0 aromatic rings. The molecule has 16 heavy (non-hydrogen) atoms. The van der Waals surface area contributed by atoms with Gasteiger partial charge >= 0.3 is 11.9 Å². The molecule has 0 aromatic carbocycles. The summed E-state index contributed by atoms with van der Waals surface area (Å²) >= 11 is 0. The summed E-state index contributed by atoms with van der Waals surface area (Å²) in [6.07, 6.45) is 2.51. The lowest BCUT2D eigenvalue weighted by Crippen LogP contribution is -2.33. The fourth-order valence-electron chi connectivity index (χ4n) is 2.02. The maximum Gasteiger partial charge on any atom is 0.320 e. The van der Waals surface area contributed by atoms with Gasteiger partial charge in [0, 0.05) is 0 Å². The van der Waals surface area contributed by atoms with Crippen LogP contribution in [0.4, 0.5) is 0 Å². The quantitative estimate of drug-likeness (QED) is 0.556. The van der Waals surface area contributed by atoms with E-state index in [0.717, 1.165) is 25.9 Å². The van der Waals surface area contributed by atoms with Crippen LogP contribution >= 0.6 is 0 Å². The first-order valence-electron chi connectivity index (χ1n) is 5.55. The molecule has 5 heteroatoms. The first kappa shape index (κ1) is 13.0. The Morgan fingerprint density at radius 1 is 1.19 bits per heavy atom. The number of esters is 2. The Kier molecular flexibility index (Phi) is 5.25. The third-order valence-corrected chi connectivity index (χ3v) is 3.00. The van der Waals surface area contributed by atoms with Crippen LogP contribution in [-0.2, 0) is 19.1 Å². The van der Waals surface area contributed by atoms with Crippen LogP contribution in [-0.4, -0.2) is 39.2 Å². The second kappa shape index (κ2) is 6.48. The Labute approximate surface area is 95.5 Å². The molecular weight excluding hydrogens is 210 g/mol. The van der Waals surface area contributed by atoms with Crippen molar-refractivity contribution in [3.8, 4) is 0 Å². The Bertz CT molecular complexity index is 232. The van der Waals surface area contributed by atoms with Crippen LogP contribution in [0.2, 0.25) is 0 Å². The second-order valence-corrected chi connectivity index (χ2v) is 4.03. The highest BCUT2D eigenvalue weighted by Gasteiger charge is 2.31. The van der Waals surface area contributed by atoms with Crippen molar-refractivity contribution in [2.45, 2.75) is 19.3 Å². The highest BCUT2D eigenvalue weighted by molar-refractivity contribution is 5.94. The molecule has 0 radical (unpaired) electrons. The number of nitrogens with one attached hydrogen (secondary N) is 1. The van der Waals surface area contributed by atoms with Crippen LogP contribution in [0.1, 0.15) is 19.3 Å². The number of methoxy groups -OCH3 is 2. The SMILES string of the molecule is COC(=O)C(CC1CCNCC1)C(=O)OC. The number of piperidine rings is 1. The predicted molar refractivity (Wildman–Crippen MR) is 57.7 cm³/mol. The van der Waals surface area contributed by atoms with Gasteiger partial charge in [0.05, 0.1) is 14.2 Å². The standard InChI is InChI=1S/C11H19NO4/c1-15-10(13)9(11(14)16-2)7-8-3-5-12-6-4-8/h8-9,12H,3-7H2,1-2H3. The molecule has 0 atom stereocenters. The third-order valence-electron chi connectivity index (χ3n) is 3.00. The van der Waals surface area contributed by atoms with Gasteiger partial charge in [-0.05, 0) is 38.3 Å². The average Bonchev–Trinajstić information content (AvgIpc) is 2.35. The molecule has 0 amide bonds. The van der Waals surface area contributed by atoms with Crippen LogP contribution in [0.15, 0.2) is 0 Å². The molecule has 5 nitrogen and oxygen atoms in total. The Balaban J connectivity index is 2.54. The highest BCUT2D eigenvalue weighted by Crippen LogP contribution is 2.22. The van der Waals surface area contributed by atoms with E-state index in [4.69, 9.17) is 0 Å². The number of carbonyl (C=O) groups is 2. The van der Waals surface area contributed by atoms with Crippen molar-refractivity contribution in [3.63, 3.8) is 0 Å². The van der Waals surface area contributed by atoms with Crippen LogP contribution in [0.5, 0.6) is 0 Å². The molecule has 1 aliphatic rings. The minimum Gasteiger partial charge on any atom is -0.468 e. The topological polar surface area (TPSA) is 64.6 Å². The Morgan fingerprint density at radius 3 is 2.12 bits per heavy atom. The van der Waals surface area contributed by atoms with E-state index >= 15 is 0 Å². The van der Waals surface area contributed by atoms with Crippen LogP contribution in [0.3, 0.4) is 0 Å². The largest absolute Gasteiger partial charge is 0.468 e. The number of rotatable bonds is 4. The molecule has 0 aliphatic carbocycles. The van der Waals surface area contributed by atoms with Crippen molar-refractivity contribution in [2.24, 2.45) is 11.8 Å². The van der Waals surface area contributed by atoms with E-state index < -0.39 is 17.9 Å². The zero-order chi connectivity index (χ0) is 12.0. The summed E-state index contributed by atoms with van der Waals surface area (Å²) in [4.78, 5) is 22.9. The van der Waals surface area contributed by atoms with E-state index in [9.17, 15) is 9.59 Å². The summed E-state index contributed by atoms with van der Waals surface area (Å²) in [6, 6.07) is 0. The van der Waals surface area contributed by atoms with Gasteiger partial charge in [0.25, 0.3) is 0 Å². The number of hydrogen-bond acceptors (Lipinski definition) is 5. The molecular formula is C11H19NO4. The number of ether oxygens (including phenoxy) is 2. The third kappa shape index (κ3) is 3.48. The van der Waals surface area contributed by atoms with Gasteiger partial charge < -0.3 is 14.8 Å². The van der Waals surface area contributed by atoms with E-state index in [-0.39, 0.29) is 0 Å². The van der Waals surface area contributed by atoms with E-state index in [2.05, 4.69) is 14.8 Å². The van der Waals surface area contributed by atoms with Gasteiger partial charge in [-0.15, -0.1) is 0 Å². The lowest BCUT2D eigenvalue weighted by molar-refractivity contribution is -0.159. The average molecular weight is 229 g/mol. The van der Waals surface area contributed by atoms with Crippen LogP contribution in [0, 0.1) is 11.8 Å². The molecule has 0 saturated carbocycles. The number of carbonyl (C=O) groups excluding carboxylic acids is 2. The molecule has 92 valence electrons. The molecule has 0 unspecified atom stereocenters. The summed E-state index contributed by atoms with van der Waals surface area (Å²) in [5.74, 6) is -1.36. The molecule has 0 spiro atoms. The summed E-state index contributed by atoms with van der Waals surface area (Å²) < 4.78 is 9.24. The molecule has 1 heterocycles. The summed E-state index contributed by atoms with van der Waals surface area (Å²) in [7, 11) is 2.58. The zero-order valence-electron chi connectivity index (χ0n) is 9.82. The van der Waals surface area contributed by atoms with Crippen LogP contribution < -0.4 is 5.32 Å². The minimum atomic E-state index is -0.766. The predicted octanol–water partition coefficient (Wildman–Crippen LogP) is 0.338. The van der Waals surface area contributed by atoms with E-state index in [1.165, 1.54) is 14.2 Å². The molecule has 0 bridgehead atoms. The second-order valence-electron chi connectivity index (χ2n) is 4.03. The van der Waals surface area contributed by atoms with Gasteiger partial charge in [-0.25, -0.2) is 0 Å². The van der Waals surface area contributed by atoms with Crippen molar-refractivity contribution in [3.05, 3.63) is 0 Å². The first-order chi connectivity index (χ1) is 7.69. The fraction of sp³-hybridized carbons (Fsp3) is 0.818. The van der Waals surface area contributed by atoms with E-state index in [1.807, 2.05) is 0 Å². The molecule has 0 aromatic heterocycles. The maximum atomic E-state index is 11.4. The maximum absolute atomic E-state index is 11.4. The fourth-order valence-corrected chi connectivity index (χ4v) is 2.02. The Morgan fingerprint density at radius 2 is 1.69 bits per heavy atom. The molecule has 1 fully saturated rings. The van der Waals surface area contributed by atoms with Crippen molar-refractivity contribution < 1.29 is 19.1 Å². The summed E-state index contributed by atoms with van der Waals surface area (Å²) in [6.45, 7) is 1.89. The van der Waals surface area contributed by atoms with Crippen LogP contribution in [0.25, 0.3) is 0 Å². The van der Waals surface area contributed by atoms with Crippen molar-refractivity contribution in [1.29, 1.82) is 0 Å². The lowest BCUT2D eigenvalue weighted by Gasteiger charge is -2.24. The van der Waals surface area contributed by atoms with E-state index in [0.29, 0.717) is 12.3 Å². The normalized spacial score (nSPS) is 17.2. The van der Waals surface area contributed by atoms with E-state index in [1.54, 1.807) is 0 Å². The summed E-state index contributed by atoms with van der Waals surface area (Å²) in [5.41, 5.74) is 0. The summed E-state index contributed by atoms with van der Waals surface area (Å²) in [5, 5.41) is 3.24. The van der Waals surface area contributed by atoms with Gasteiger partial charge in [-0.3, -0.25) is 9.59 Å². The van der Waals surface area contributed by atoms with Gasteiger partial charge in [-0.1, -0.05) is 0 Å². The number of hydrogen-bond donors (Lipinski definition) is 1. The first-order valence-corrected chi connectivity index (χ1v) is 5.55. The van der Waals surface area contributed by atoms with Crippen molar-refractivity contribution in [1.82, 2.24) is 5.32 Å². The highest BCUT2D eigenvalue weighted by atomic mass is 16.5. The molecule has 1 rings (SSSR count). The minimum absolute atomic E-state index is 0.393. The Hall–Kier alpha value is -1.10. The molecule has 1 saturated heterocycles. The zero-order valence-corrected chi connectivity index (χ0v) is 9.82. The van der Waals surface area contributed by atoms with Gasteiger partial charge in [0.1, 0.15) is 0 Å². The van der Waals surface area contributed by atoms with Crippen molar-refractivity contribution in [2.75, 3.05) is 27.3 Å². The van der Waals surface area contributed by atoms with Gasteiger partial charge in [-0.2, -0.15) is 0 Å². The molecule has 1 aliphatic heterocycles. The van der Waals surface area contributed by atoms with Gasteiger partial charge in [0.15, 0.2) is 5.92 Å². The lowest BCUT2D eigenvalue weighted by atomic mass is 9.88. The molecule has 1 N–H and O–H groups in total. The monoisotopic (exact) mass is 229 g/mol. The smallest absolute Gasteiger partial charge is 0.320 e.